The Morgan fingerprint density at radius 1 is 1.19 bits per heavy atom. The van der Waals surface area contributed by atoms with E-state index in [4.69, 9.17) is 9.40 Å². The van der Waals surface area contributed by atoms with Crippen molar-refractivity contribution in [3.05, 3.63) is 47.4 Å². The average molecular weight is 394 g/mol. The molecule has 3 rings (SSSR count). The van der Waals surface area contributed by atoms with Crippen molar-refractivity contribution in [3.8, 4) is 0 Å². The standard InChI is InChI=1S/C19H23N3O2S.ClH/c1-13-8-9-16-17(14(13)2)20-19(25-16)22(11-6-10-21(3)4)18(23)15-7-5-12-24-15;/h5,7-9,12H,6,10-11H2,1-4H3;1H. The quantitative estimate of drug-likeness (QED) is 0.617. The lowest BCUT2D eigenvalue weighted by Gasteiger charge is -2.19. The van der Waals surface area contributed by atoms with E-state index in [9.17, 15) is 4.79 Å². The van der Waals surface area contributed by atoms with Crippen LogP contribution in [-0.2, 0) is 0 Å². The van der Waals surface area contributed by atoms with E-state index in [-0.39, 0.29) is 18.3 Å². The van der Waals surface area contributed by atoms with Crippen molar-refractivity contribution in [1.29, 1.82) is 0 Å². The third kappa shape index (κ3) is 4.26. The fourth-order valence-corrected chi connectivity index (χ4v) is 3.74. The molecule has 1 aromatic carbocycles. The van der Waals surface area contributed by atoms with Crippen LogP contribution in [0.25, 0.3) is 10.2 Å². The smallest absolute Gasteiger partial charge is 0.295 e. The van der Waals surface area contributed by atoms with Gasteiger partial charge in [-0.15, -0.1) is 12.4 Å². The van der Waals surface area contributed by atoms with E-state index in [1.54, 1.807) is 28.4 Å². The molecule has 0 saturated heterocycles. The second-order valence-corrected chi connectivity index (χ2v) is 7.45. The summed E-state index contributed by atoms with van der Waals surface area (Å²) in [4.78, 5) is 21.5. The Morgan fingerprint density at radius 3 is 2.62 bits per heavy atom. The van der Waals surface area contributed by atoms with Crippen molar-refractivity contribution >= 4 is 45.0 Å². The Kier molecular flexibility index (Phi) is 6.81. The van der Waals surface area contributed by atoms with Gasteiger partial charge < -0.3 is 9.32 Å². The van der Waals surface area contributed by atoms with Crippen LogP contribution in [-0.4, -0.2) is 43.0 Å². The van der Waals surface area contributed by atoms with Crippen LogP contribution in [0, 0.1) is 13.8 Å². The van der Waals surface area contributed by atoms with Crippen LogP contribution in [0.1, 0.15) is 28.1 Å². The highest BCUT2D eigenvalue weighted by Crippen LogP contribution is 2.32. The number of hydrogen-bond acceptors (Lipinski definition) is 5. The molecule has 0 atom stereocenters. The summed E-state index contributed by atoms with van der Waals surface area (Å²) >= 11 is 1.55. The van der Waals surface area contributed by atoms with Crippen LogP contribution in [0.4, 0.5) is 5.13 Å². The van der Waals surface area contributed by atoms with Crippen LogP contribution in [0.15, 0.2) is 34.9 Å². The molecule has 3 aromatic rings. The second kappa shape index (κ2) is 8.66. The largest absolute Gasteiger partial charge is 0.459 e. The first-order valence-electron chi connectivity index (χ1n) is 8.34. The summed E-state index contributed by atoms with van der Waals surface area (Å²) in [5.41, 5.74) is 3.35. The zero-order chi connectivity index (χ0) is 18.0. The molecular formula is C19H24ClN3O2S. The second-order valence-electron chi connectivity index (χ2n) is 6.44. The molecule has 0 spiro atoms. The minimum Gasteiger partial charge on any atom is -0.459 e. The van der Waals surface area contributed by atoms with E-state index in [0.29, 0.717) is 12.3 Å². The van der Waals surface area contributed by atoms with Crippen molar-refractivity contribution in [2.24, 2.45) is 0 Å². The molecule has 7 heteroatoms. The number of furan rings is 1. The maximum atomic E-state index is 12.9. The molecule has 2 aromatic heterocycles. The summed E-state index contributed by atoms with van der Waals surface area (Å²) in [6.07, 6.45) is 2.39. The van der Waals surface area contributed by atoms with Gasteiger partial charge in [-0.3, -0.25) is 9.69 Å². The number of anilines is 1. The molecule has 0 fully saturated rings. The first kappa shape index (κ1) is 20.4. The Balaban J connectivity index is 0.00000243. The first-order chi connectivity index (χ1) is 12.0. The number of carbonyl (C=O) groups is 1. The number of fused-ring (bicyclic) bond motifs is 1. The Hall–Kier alpha value is -1.89. The lowest BCUT2D eigenvalue weighted by molar-refractivity contribution is 0.0959. The molecule has 5 nitrogen and oxygen atoms in total. The average Bonchev–Trinajstić information content (AvgIpc) is 3.24. The number of rotatable bonds is 6. The van der Waals surface area contributed by atoms with E-state index in [0.717, 1.165) is 28.3 Å². The summed E-state index contributed by atoms with van der Waals surface area (Å²) < 4.78 is 6.42. The monoisotopic (exact) mass is 393 g/mol. The number of halogens is 1. The summed E-state index contributed by atoms with van der Waals surface area (Å²) in [5, 5.41) is 0.726. The van der Waals surface area contributed by atoms with Crippen LogP contribution in [0.3, 0.4) is 0 Å². The number of carbonyl (C=O) groups excluding carboxylic acids is 1. The highest BCUT2D eigenvalue weighted by atomic mass is 35.5. The fourth-order valence-electron chi connectivity index (χ4n) is 2.69. The number of aromatic nitrogens is 1. The summed E-state index contributed by atoms with van der Waals surface area (Å²) in [6.45, 7) is 5.67. The highest BCUT2D eigenvalue weighted by molar-refractivity contribution is 7.22. The van der Waals surface area contributed by atoms with Gasteiger partial charge in [0.2, 0.25) is 0 Å². The molecule has 0 bridgehead atoms. The third-order valence-electron chi connectivity index (χ3n) is 4.27. The first-order valence-corrected chi connectivity index (χ1v) is 9.16. The van der Waals surface area contributed by atoms with Gasteiger partial charge in [-0.1, -0.05) is 17.4 Å². The van der Waals surface area contributed by atoms with E-state index < -0.39 is 0 Å². The molecule has 0 N–H and O–H groups in total. The number of amides is 1. The molecule has 26 heavy (non-hydrogen) atoms. The summed E-state index contributed by atoms with van der Waals surface area (Å²) in [6, 6.07) is 7.61. The summed E-state index contributed by atoms with van der Waals surface area (Å²) in [7, 11) is 4.06. The Bertz CT molecular complexity index is 874. The molecule has 0 aliphatic rings. The molecule has 0 unspecified atom stereocenters. The summed E-state index contributed by atoms with van der Waals surface area (Å²) in [5.74, 6) is 0.203. The van der Waals surface area contributed by atoms with Crippen LogP contribution < -0.4 is 4.90 Å². The van der Waals surface area contributed by atoms with E-state index in [1.165, 1.54) is 17.4 Å². The van der Waals surface area contributed by atoms with Crippen LogP contribution in [0.5, 0.6) is 0 Å². The normalized spacial score (nSPS) is 11.0. The maximum absolute atomic E-state index is 12.9. The maximum Gasteiger partial charge on any atom is 0.295 e. The van der Waals surface area contributed by atoms with Gasteiger partial charge in [0, 0.05) is 6.54 Å². The van der Waals surface area contributed by atoms with E-state index in [1.807, 2.05) is 14.1 Å². The zero-order valence-electron chi connectivity index (χ0n) is 15.5. The number of aryl methyl sites for hydroxylation is 2. The van der Waals surface area contributed by atoms with E-state index >= 15 is 0 Å². The lowest BCUT2D eigenvalue weighted by Crippen LogP contribution is -2.33. The minimum atomic E-state index is -0.141. The predicted molar refractivity (Wildman–Crippen MR) is 110 cm³/mol. The van der Waals surface area contributed by atoms with Gasteiger partial charge in [0.05, 0.1) is 16.5 Å². The lowest BCUT2D eigenvalue weighted by atomic mass is 10.1. The topological polar surface area (TPSA) is 49.6 Å². The van der Waals surface area contributed by atoms with Gasteiger partial charge in [0.1, 0.15) is 0 Å². The van der Waals surface area contributed by atoms with Crippen molar-refractivity contribution < 1.29 is 9.21 Å². The molecule has 0 aliphatic carbocycles. The molecule has 0 radical (unpaired) electrons. The van der Waals surface area contributed by atoms with Gasteiger partial charge in [0.25, 0.3) is 5.91 Å². The minimum absolute atomic E-state index is 0. The molecule has 1 amide bonds. The Morgan fingerprint density at radius 2 is 1.96 bits per heavy atom. The fraction of sp³-hybridized carbons (Fsp3) is 0.368. The number of nitrogens with zero attached hydrogens (tertiary/aromatic N) is 3. The molecule has 2 heterocycles. The predicted octanol–water partition coefficient (Wildman–Crippen LogP) is 4.53. The molecule has 0 saturated carbocycles. The number of benzene rings is 1. The highest BCUT2D eigenvalue weighted by Gasteiger charge is 2.23. The Labute approximate surface area is 164 Å². The van der Waals surface area contributed by atoms with Crippen molar-refractivity contribution in [2.75, 3.05) is 32.1 Å². The van der Waals surface area contributed by atoms with Crippen LogP contribution in [0.2, 0.25) is 0 Å². The number of hydrogen-bond donors (Lipinski definition) is 0. The van der Waals surface area contributed by atoms with Gasteiger partial charge in [-0.05, 0) is 70.2 Å². The van der Waals surface area contributed by atoms with Gasteiger partial charge in [0.15, 0.2) is 10.9 Å². The number of thiazole rings is 1. The van der Waals surface area contributed by atoms with E-state index in [2.05, 4.69) is 30.9 Å². The molecule has 0 aliphatic heterocycles. The SMILES string of the molecule is Cc1ccc2sc(N(CCCN(C)C)C(=O)c3ccco3)nc2c1C.Cl. The van der Waals surface area contributed by atoms with Gasteiger partial charge in [-0.2, -0.15) is 0 Å². The van der Waals surface area contributed by atoms with Gasteiger partial charge >= 0.3 is 0 Å². The van der Waals surface area contributed by atoms with Gasteiger partial charge in [-0.25, -0.2) is 4.98 Å². The molecular weight excluding hydrogens is 370 g/mol. The van der Waals surface area contributed by atoms with Crippen molar-refractivity contribution in [1.82, 2.24) is 9.88 Å². The zero-order valence-corrected chi connectivity index (χ0v) is 17.1. The van der Waals surface area contributed by atoms with Crippen molar-refractivity contribution in [3.63, 3.8) is 0 Å². The third-order valence-corrected chi connectivity index (χ3v) is 5.31. The molecule has 140 valence electrons. The van der Waals surface area contributed by atoms with Crippen molar-refractivity contribution in [2.45, 2.75) is 20.3 Å². The van der Waals surface area contributed by atoms with Crippen LogP contribution >= 0.6 is 23.7 Å².